The highest BCUT2D eigenvalue weighted by molar-refractivity contribution is 5.58. The highest BCUT2D eigenvalue weighted by atomic mass is 19.1. The fraction of sp³-hybridized carbons (Fsp3) is 0.161. The first-order valence-corrected chi connectivity index (χ1v) is 12.3. The number of aromatic nitrogens is 3. The molecule has 1 aliphatic heterocycles. The molecule has 0 saturated carbocycles. The molecule has 1 fully saturated rings. The molecule has 3 aromatic carbocycles. The van der Waals surface area contributed by atoms with Crippen LogP contribution in [0.15, 0.2) is 116 Å². The molecule has 0 aliphatic carbocycles. The molecule has 36 heavy (non-hydrogen) atoms. The molecule has 0 N–H and O–H groups in total. The maximum Gasteiger partial charge on any atom is 0.123 e. The van der Waals surface area contributed by atoms with Gasteiger partial charge in [-0.1, -0.05) is 72.8 Å². The van der Waals surface area contributed by atoms with Crippen LogP contribution in [0.3, 0.4) is 0 Å². The fourth-order valence-corrected chi connectivity index (χ4v) is 5.09. The number of rotatable bonds is 7. The Kier molecular flexibility index (Phi) is 6.14. The molecule has 0 spiro atoms. The van der Waals surface area contributed by atoms with E-state index in [0.717, 1.165) is 35.6 Å². The van der Waals surface area contributed by atoms with Crippen LogP contribution in [0, 0.1) is 5.82 Å². The number of pyridine rings is 1. The highest BCUT2D eigenvalue weighted by Crippen LogP contribution is 2.37. The summed E-state index contributed by atoms with van der Waals surface area (Å²) < 4.78 is 15.7. The molecule has 0 unspecified atom stereocenters. The van der Waals surface area contributed by atoms with Crippen LogP contribution in [0.1, 0.15) is 34.5 Å². The number of hydrogen-bond acceptors (Lipinski definition) is 3. The van der Waals surface area contributed by atoms with E-state index in [9.17, 15) is 4.39 Å². The number of halogens is 1. The maximum absolute atomic E-state index is 13.5. The van der Waals surface area contributed by atoms with E-state index >= 15 is 0 Å². The second kappa shape index (κ2) is 9.88. The van der Waals surface area contributed by atoms with E-state index in [0.29, 0.717) is 6.42 Å². The first kappa shape index (κ1) is 22.4. The molecule has 5 aromatic rings. The predicted molar refractivity (Wildman–Crippen MR) is 140 cm³/mol. The molecule has 0 bridgehead atoms. The van der Waals surface area contributed by atoms with Crippen LogP contribution in [0.25, 0.3) is 11.3 Å². The Morgan fingerprint density at radius 2 is 1.39 bits per heavy atom. The van der Waals surface area contributed by atoms with Crippen molar-refractivity contribution in [2.24, 2.45) is 0 Å². The third-order valence-electron chi connectivity index (χ3n) is 6.92. The summed E-state index contributed by atoms with van der Waals surface area (Å²) in [6, 6.07) is 34.8. The molecule has 2 aromatic heterocycles. The highest BCUT2D eigenvalue weighted by Gasteiger charge is 2.36. The zero-order valence-electron chi connectivity index (χ0n) is 19.9. The van der Waals surface area contributed by atoms with Crippen molar-refractivity contribution in [3.63, 3.8) is 0 Å². The molecule has 5 heteroatoms. The topological polar surface area (TPSA) is 34.0 Å². The lowest BCUT2D eigenvalue weighted by atomic mass is 9.93. The Balaban J connectivity index is 1.30. The molecule has 0 amide bonds. The van der Waals surface area contributed by atoms with Gasteiger partial charge in [0.1, 0.15) is 5.82 Å². The summed E-state index contributed by atoms with van der Waals surface area (Å²) in [6.07, 6.45) is 4.29. The van der Waals surface area contributed by atoms with Gasteiger partial charge in [-0.05, 0) is 47.0 Å². The van der Waals surface area contributed by atoms with Gasteiger partial charge in [0.2, 0.25) is 0 Å². The van der Waals surface area contributed by atoms with Gasteiger partial charge in [0.25, 0.3) is 0 Å². The van der Waals surface area contributed by atoms with Crippen LogP contribution in [0.4, 0.5) is 4.39 Å². The second-order valence-corrected chi connectivity index (χ2v) is 9.34. The normalized spacial score (nSPS) is 14.2. The summed E-state index contributed by atoms with van der Waals surface area (Å²) in [7, 11) is 0. The van der Waals surface area contributed by atoms with E-state index in [4.69, 9.17) is 5.10 Å². The number of likely N-dealkylation sites (tertiary alicyclic amines) is 1. The molecule has 3 heterocycles. The van der Waals surface area contributed by atoms with Gasteiger partial charge in [0.05, 0.1) is 17.8 Å². The number of hydrogen-bond donors (Lipinski definition) is 0. The van der Waals surface area contributed by atoms with Crippen LogP contribution in [-0.4, -0.2) is 32.8 Å². The van der Waals surface area contributed by atoms with Gasteiger partial charge < -0.3 is 0 Å². The first-order chi connectivity index (χ1) is 17.7. The smallest absolute Gasteiger partial charge is 0.123 e. The standard InChI is InChI=1S/C31H27FN4/c32-27-13-11-23(12-14-27)19-28-20-30(24-15-17-33-18-16-24)34-36(28)29-21-35(22-29)31(25-7-3-1-4-8-25)26-9-5-2-6-10-26/h1-18,20,29,31H,19,21-22H2. The van der Waals surface area contributed by atoms with Gasteiger partial charge in [-0.2, -0.15) is 5.10 Å². The minimum absolute atomic E-state index is 0.208. The van der Waals surface area contributed by atoms with E-state index < -0.39 is 0 Å². The molecule has 4 nitrogen and oxygen atoms in total. The molecule has 1 saturated heterocycles. The molecular formula is C31H27FN4. The van der Waals surface area contributed by atoms with Crippen LogP contribution < -0.4 is 0 Å². The van der Waals surface area contributed by atoms with Crippen molar-refractivity contribution >= 4 is 0 Å². The summed E-state index contributed by atoms with van der Waals surface area (Å²) in [5.74, 6) is -0.216. The molecule has 178 valence electrons. The van der Waals surface area contributed by atoms with Crippen molar-refractivity contribution in [2.45, 2.75) is 18.5 Å². The zero-order chi connectivity index (χ0) is 24.3. The van der Waals surface area contributed by atoms with Crippen LogP contribution in [0.5, 0.6) is 0 Å². The van der Waals surface area contributed by atoms with E-state index in [2.05, 4.69) is 81.3 Å². The third kappa shape index (κ3) is 4.58. The zero-order valence-corrected chi connectivity index (χ0v) is 19.9. The summed E-state index contributed by atoms with van der Waals surface area (Å²) in [5, 5.41) is 5.04. The largest absolute Gasteiger partial charge is 0.288 e. The van der Waals surface area contributed by atoms with Gasteiger partial charge in [-0.15, -0.1) is 0 Å². The molecular weight excluding hydrogens is 447 g/mol. The molecule has 0 radical (unpaired) electrons. The Bertz CT molecular complexity index is 1370. The predicted octanol–water partition coefficient (Wildman–Crippen LogP) is 6.32. The second-order valence-electron chi connectivity index (χ2n) is 9.34. The Hall–Kier alpha value is -4.09. The van der Waals surface area contributed by atoms with Crippen LogP contribution in [-0.2, 0) is 6.42 Å². The number of benzene rings is 3. The van der Waals surface area contributed by atoms with E-state index in [1.807, 2.05) is 24.3 Å². The minimum Gasteiger partial charge on any atom is -0.288 e. The lowest BCUT2D eigenvalue weighted by Gasteiger charge is -2.45. The van der Waals surface area contributed by atoms with Gasteiger partial charge in [0.15, 0.2) is 0 Å². The number of nitrogens with zero attached hydrogens (tertiary/aromatic N) is 4. The van der Waals surface area contributed by atoms with Gasteiger partial charge in [-0.25, -0.2) is 4.39 Å². The average molecular weight is 475 g/mol. The summed E-state index contributed by atoms with van der Waals surface area (Å²) in [6.45, 7) is 1.81. The van der Waals surface area contributed by atoms with Crippen molar-refractivity contribution in [3.05, 3.63) is 144 Å². The summed E-state index contributed by atoms with van der Waals surface area (Å²) in [5.41, 5.74) is 6.79. The molecule has 6 rings (SSSR count). The summed E-state index contributed by atoms with van der Waals surface area (Å²) in [4.78, 5) is 6.67. The van der Waals surface area contributed by atoms with Gasteiger partial charge >= 0.3 is 0 Å². The summed E-state index contributed by atoms with van der Waals surface area (Å²) >= 11 is 0. The quantitative estimate of drug-likeness (QED) is 0.277. The molecule has 0 atom stereocenters. The molecule has 1 aliphatic rings. The maximum atomic E-state index is 13.5. The van der Waals surface area contributed by atoms with Crippen molar-refractivity contribution < 1.29 is 4.39 Å². The monoisotopic (exact) mass is 474 g/mol. The van der Waals surface area contributed by atoms with Crippen molar-refractivity contribution in [1.82, 2.24) is 19.7 Å². The van der Waals surface area contributed by atoms with E-state index in [1.165, 1.54) is 23.3 Å². The SMILES string of the molecule is Fc1ccc(Cc2cc(-c3ccncc3)nn2C2CN(C(c3ccccc3)c3ccccc3)C2)cc1. The van der Waals surface area contributed by atoms with E-state index in [-0.39, 0.29) is 17.9 Å². The van der Waals surface area contributed by atoms with Crippen LogP contribution in [0.2, 0.25) is 0 Å². The Labute approximate surface area is 210 Å². The third-order valence-corrected chi connectivity index (χ3v) is 6.92. The Morgan fingerprint density at radius 3 is 2.00 bits per heavy atom. The lowest BCUT2D eigenvalue weighted by molar-refractivity contribution is 0.0668. The Morgan fingerprint density at radius 1 is 0.778 bits per heavy atom. The fourth-order valence-electron chi connectivity index (χ4n) is 5.09. The van der Waals surface area contributed by atoms with Crippen LogP contribution >= 0.6 is 0 Å². The van der Waals surface area contributed by atoms with Gasteiger partial charge in [0, 0.05) is 43.2 Å². The van der Waals surface area contributed by atoms with Crippen molar-refractivity contribution in [3.8, 4) is 11.3 Å². The lowest BCUT2D eigenvalue weighted by Crippen LogP contribution is -2.50. The van der Waals surface area contributed by atoms with Crippen molar-refractivity contribution in [1.29, 1.82) is 0 Å². The van der Waals surface area contributed by atoms with Gasteiger partial charge in [-0.3, -0.25) is 14.6 Å². The van der Waals surface area contributed by atoms with E-state index in [1.54, 1.807) is 12.4 Å². The minimum atomic E-state index is -0.216. The first-order valence-electron chi connectivity index (χ1n) is 12.3. The average Bonchev–Trinajstić information content (AvgIpc) is 3.32. The van der Waals surface area contributed by atoms with Crippen molar-refractivity contribution in [2.75, 3.05) is 13.1 Å².